The maximum Gasteiger partial charge on any atom is 0.303 e. The highest BCUT2D eigenvalue weighted by molar-refractivity contribution is 8.05. The van der Waals surface area contributed by atoms with Gasteiger partial charge in [-0.1, -0.05) is 0 Å². The van der Waals surface area contributed by atoms with Gasteiger partial charge in [-0.25, -0.2) is 0 Å². The Bertz CT molecular complexity index is 217. The molecule has 0 saturated carbocycles. The van der Waals surface area contributed by atoms with E-state index in [0.717, 1.165) is 11.5 Å². The van der Waals surface area contributed by atoms with Crippen molar-refractivity contribution in [3.63, 3.8) is 0 Å². The Hall–Kier alpha value is -0.620. The van der Waals surface area contributed by atoms with Crippen LogP contribution in [0.2, 0.25) is 0 Å². The standard InChI is InChI=1S/C10H16O4S2/c11-9(12)3-1-5-15-7-8-16-6-2-4-10(13)14/h7-8H,1-6H2,(H,11,12)(H,13,14). The molecule has 0 bridgehead atoms. The van der Waals surface area contributed by atoms with Crippen LogP contribution in [0.3, 0.4) is 0 Å². The fourth-order valence-electron chi connectivity index (χ4n) is 0.828. The first-order chi connectivity index (χ1) is 7.63. The van der Waals surface area contributed by atoms with E-state index in [2.05, 4.69) is 0 Å². The van der Waals surface area contributed by atoms with Crippen LogP contribution >= 0.6 is 23.5 Å². The SMILES string of the molecule is O=C(O)CCCSC=CSCCCC(=O)O. The van der Waals surface area contributed by atoms with Crippen molar-refractivity contribution in [2.75, 3.05) is 11.5 Å². The molecule has 16 heavy (non-hydrogen) atoms. The predicted molar refractivity (Wildman–Crippen MR) is 67.8 cm³/mol. The average molecular weight is 264 g/mol. The summed E-state index contributed by atoms with van der Waals surface area (Å²) in [5, 5.41) is 20.6. The van der Waals surface area contributed by atoms with Crippen molar-refractivity contribution in [2.24, 2.45) is 0 Å². The lowest BCUT2D eigenvalue weighted by Crippen LogP contribution is -1.94. The van der Waals surface area contributed by atoms with Crippen LogP contribution in [0.25, 0.3) is 0 Å². The summed E-state index contributed by atoms with van der Waals surface area (Å²) in [5.41, 5.74) is 0. The summed E-state index contributed by atoms with van der Waals surface area (Å²) < 4.78 is 0. The smallest absolute Gasteiger partial charge is 0.303 e. The molecule has 6 heteroatoms. The molecule has 92 valence electrons. The Labute approximate surface area is 103 Å². The second kappa shape index (κ2) is 10.9. The highest BCUT2D eigenvalue weighted by Crippen LogP contribution is 2.12. The van der Waals surface area contributed by atoms with Gasteiger partial charge in [-0.2, -0.15) is 0 Å². The normalized spacial score (nSPS) is 10.8. The molecule has 0 aromatic heterocycles. The zero-order valence-electron chi connectivity index (χ0n) is 8.92. The zero-order valence-corrected chi connectivity index (χ0v) is 10.6. The van der Waals surface area contributed by atoms with Crippen molar-refractivity contribution in [1.82, 2.24) is 0 Å². The lowest BCUT2D eigenvalue weighted by Gasteiger charge is -1.94. The number of carbonyl (C=O) groups is 2. The summed E-state index contributed by atoms with van der Waals surface area (Å²) in [7, 11) is 0. The summed E-state index contributed by atoms with van der Waals surface area (Å²) in [6, 6.07) is 0. The molecule has 0 spiro atoms. The molecule has 0 amide bonds. The van der Waals surface area contributed by atoms with Gasteiger partial charge in [-0.3, -0.25) is 9.59 Å². The molecule has 0 unspecified atom stereocenters. The number of carboxylic acids is 2. The number of aliphatic carboxylic acids is 2. The van der Waals surface area contributed by atoms with Gasteiger partial charge >= 0.3 is 11.9 Å². The minimum absolute atomic E-state index is 0.215. The lowest BCUT2D eigenvalue weighted by atomic mass is 10.3. The summed E-state index contributed by atoms with van der Waals surface area (Å²) >= 11 is 3.16. The van der Waals surface area contributed by atoms with Gasteiger partial charge < -0.3 is 10.2 Å². The molecule has 0 fully saturated rings. The Morgan fingerprint density at radius 3 is 1.56 bits per heavy atom. The molecule has 0 radical (unpaired) electrons. The number of thioether (sulfide) groups is 2. The quantitative estimate of drug-likeness (QED) is 0.591. The number of hydrogen-bond donors (Lipinski definition) is 2. The van der Waals surface area contributed by atoms with Crippen molar-refractivity contribution < 1.29 is 19.8 Å². The predicted octanol–water partition coefficient (Wildman–Crippen LogP) is 2.65. The molecular weight excluding hydrogens is 248 g/mol. The third-order valence-corrected chi connectivity index (χ3v) is 3.43. The van der Waals surface area contributed by atoms with E-state index >= 15 is 0 Å². The second-order valence-electron chi connectivity index (χ2n) is 3.01. The van der Waals surface area contributed by atoms with Crippen molar-refractivity contribution in [3.05, 3.63) is 10.8 Å². The van der Waals surface area contributed by atoms with E-state index < -0.39 is 11.9 Å². The first-order valence-electron chi connectivity index (χ1n) is 4.94. The van der Waals surface area contributed by atoms with E-state index in [1.165, 1.54) is 0 Å². The topological polar surface area (TPSA) is 74.6 Å². The van der Waals surface area contributed by atoms with E-state index in [9.17, 15) is 9.59 Å². The monoisotopic (exact) mass is 264 g/mol. The van der Waals surface area contributed by atoms with Gasteiger partial charge in [0, 0.05) is 12.8 Å². The Balaban J connectivity index is 3.16. The fraction of sp³-hybridized carbons (Fsp3) is 0.600. The van der Waals surface area contributed by atoms with Crippen LogP contribution in [0.5, 0.6) is 0 Å². The summed E-state index contributed by atoms with van der Waals surface area (Å²) in [5.74, 6) is 0.0945. The maximum atomic E-state index is 10.2. The van der Waals surface area contributed by atoms with Crippen molar-refractivity contribution >= 4 is 35.5 Å². The molecular formula is C10H16O4S2. The molecule has 2 N–H and O–H groups in total. The third kappa shape index (κ3) is 13.4. The van der Waals surface area contributed by atoms with Crippen LogP contribution < -0.4 is 0 Å². The van der Waals surface area contributed by atoms with E-state index in [1.807, 2.05) is 10.8 Å². The van der Waals surface area contributed by atoms with Gasteiger partial charge in [0.25, 0.3) is 0 Å². The number of carboxylic acid groups (broad SMARTS) is 2. The Kier molecular flexibility index (Phi) is 10.5. The molecule has 0 saturated heterocycles. The van der Waals surface area contributed by atoms with Gasteiger partial charge in [0.05, 0.1) is 0 Å². The molecule has 0 aliphatic heterocycles. The number of hydrogen-bond acceptors (Lipinski definition) is 4. The number of rotatable bonds is 10. The van der Waals surface area contributed by atoms with Crippen LogP contribution in [0, 0.1) is 0 Å². The minimum atomic E-state index is -0.757. The average Bonchev–Trinajstić information content (AvgIpc) is 2.20. The van der Waals surface area contributed by atoms with Crippen molar-refractivity contribution in [1.29, 1.82) is 0 Å². The van der Waals surface area contributed by atoms with Gasteiger partial charge in [-0.05, 0) is 35.2 Å². The lowest BCUT2D eigenvalue weighted by molar-refractivity contribution is -0.138. The van der Waals surface area contributed by atoms with Gasteiger partial charge in [0.2, 0.25) is 0 Å². The van der Waals surface area contributed by atoms with Gasteiger partial charge in [0.1, 0.15) is 0 Å². The molecule has 0 aromatic rings. The second-order valence-corrected chi connectivity index (χ2v) is 5.04. The van der Waals surface area contributed by atoms with E-state index in [4.69, 9.17) is 10.2 Å². The summed E-state index contributed by atoms with van der Waals surface area (Å²) in [6.07, 6.45) is 1.78. The Morgan fingerprint density at radius 1 is 0.875 bits per heavy atom. The molecule has 0 aliphatic rings. The zero-order chi connectivity index (χ0) is 12.2. The van der Waals surface area contributed by atoms with Crippen LogP contribution in [0.15, 0.2) is 10.8 Å². The molecule has 0 rings (SSSR count). The highest BCUT2D eigenvalue weighted by atomic mass is 32.2. The highest BCUT2D eigenvalue weighted by Gasteiger charge is 1.95. The maximum absolute atomic E-state index is 10.2. The molecule has 4 nitrogen and oxygen atoms in total. The van der Waals surface area contributed by atoms with Crippen molar-refractivity contribution in [3.8, 4) is 0 Å². The summed E-state index contributed by atoms with van der Waals surface area (Å²) in [4.78, 5) is 20.4. The Morgan fingerprint density at radius 2 is 1.25 bits per heavy atom. The van der Waals surface area contributed by atoms with Gasteiger partial charge in [-0.15, -0.1) is 23.5 Å². The van der Waals surface area contributed by atoms with Crippen LogP contribution in [-0.4, -0.2) is 33.7 Å². The first-order valence-corrected chi connectivity index (χ1v) is 7.04. The van der Waals surface area contributed by atoms with Crippen LogP contribution in [0.1, 0.15) is 25.7 Å². The van der Waals surface area contributed by atoms with Crippen LogP contribution in [0.4, 0.5) is 0 Å². The molecule has 0 aliphatic carbocycles. The van der Waals surface area contributed by atoms with E-state index in [-0.39, 0.29) is 12.8 Å². The van der Waals surface area contributed by atoms with E-state index in [1.54, 1.807) is 23.5 Å². The molecule has 0 heterocycles. The fourth-order valence-corrected chi connectivity index (χ4v) is 2.35. The van der Waals surface area contributed by atoms with Crippen molar-refractivity contribution in [2.45, 2.75) is 25.7 Å². The molecule has 0 atom stereocenters. The minimum Gasteiger partial charge on any atom is -0.481 e. The third-order valence-electron chi connectivity index (χ3n) is 1.55. The first kappa shape index (κ1) is 15.4. The largest absolute Gasteiger partial charge is 0.481 e. The van der Waals surface area contributed by atoms with Crippen LogP contribution in [-0.2, 0) is 9.59 Å². The van der Waals surface area contributed by atoms with E-state index in [0.29, 0.717) is 12.8 Å². The summed E-state index contributed by atoms with van der Waals surface area (Å²) in [6.45, 7) is 0. The van der Waals surface area contributed by atoms with Gasteiger partial charge in [0.15, 0.2) is 0 Å². The molecule has 0 aromatic carbocycles.